The second-order valence-corrected chi connectivity index (χ2v) is 58.6. The Bertz CT molecular complexity index is 6100. The molecule has 17 aromatic rings. The Morgan fingerprint density at radius 3 is 1.20 bits per heavy atom. The average Bonchev–Trinajstić information content (AvgIpc) is 1.52. The molecule has 0 saturated heterocycles. The number of fused-ring (bicyclic) bond motifs is 30. The molecule has 6 heterocycles. The van der Waals surface area contributed by atoms with Crippen LogP contribution in [0.3, 0.4) is 0 Å². The van der Waals surface area contributed by atoms with Crippen molar-refractivity contribution in [2.45, 2.75) is 18.3 Å². The Hall–Kier alpha value is -8.67. The van der Waals surface area contributed by atoms with E-state index in [4.69, 9.17) is 67.0 Å². The van der Waals surface area contributed by atoms with E-state index in [1.807, 2.05) is 12.3 Å². The SMILES string of the molecule is C.CP(F)P.[Cl][Mo]([Cl])([Cl])([Cl])[Cl].c1ccc(-c2nccnc2-c2ccc3c4cccc5c4n(c3c2)-c2ccccc2C52c3ccccc3-c3ccccc32)cc1.c1ccc2c(c1)-c1ccccc1C21c2ccccc2-n2c3cc4c(cc3c3cccc1c32)c1ccccc1c1nccnc41. The number of hydrogen-bond acceptors (Lipinski definition) is 4. The van der Waals surface area contributed by atoms with E-state index in [-0.39, 0.29) is 7.43 Å². The van der Waals surface area contributed by atoms with Crippen LogP contribution in [-0.4, -0.2) is 35.7 Å². The van der Waals surface area contributed by atoms with Crippen LogP contribution in [0.5, 0.6) is 0 Å². The van der Waals surface area contributed by atoms with Crippen LogP contribution in [0.2, 0.25) is 0 Å². The van der Waals surface area contributed by atoms with Crippen molar-refractivity contribution in [1.29, 1.82) is 0 Å². The predicted octanol–water partition coefficient (Wildman–Crippen LogP) is 25.1. The van der Waals surface area contributed by atoms with E-state index in [9.17, 15) is 4.20 Å². The summed E-state index contributed by atoms with van der Waals surface area (Å²) in [6, 6.07) is 98.3. The zero-order valence-corrected chi connectivity index (χ0v) is 59.9. The molecular weight excluding hydrogens is 1450 g/mol. The Kier molecular flexibility index (Phi) is 15.5. The summed E-state index contributed by atoms with van der Waals surface area (Å²) in [5, 5.41) is 9.73. The number of aromatic nitrogens is 6. The fourth-order valence-corrected chi connectivity index (χ4v) is 16.8. The molecule has 2 unspecified atom stereocenters. The molecule has 0 N–H and O–H groups in total. The second-order valence-electron chi connectivity index (χ2n) is 25.0. The van der Waals surface area contributed by atoms with E-state index < -0.39 is 28.4 Å². The van der Waals surface area contributed by atoms with E-state index in [1.165, 1.54) is 139 Å². The summed E-state index contributed by atoms with van der Waals surface area (Å²) in [4.78, 5) is 19.3. The second kappa shape index (κ2) is 24.0. The van der Waals surface area contributed by atoms with E-state index in [2.05, 4.69) is 279 Å². The summed E-state index contributed by atoms with van der Waals surface area (Å²) >= 11 is 0. The van der Waals surface area contributed by atoms with Crippen LogP contribution in [0, 0.1) is 0 Å². The summed E-state index contributed by atoms with van der Waals surface area (Å²) < 4.78 is 16.0. The Balaban J connectivity index is 0.000000130. The predicted molar refractivity (Wildman–Crippen MR) is 418 cm³/mol. The van der Waals surface area contributed by atoms with E-state index in [0.717, 1.165) is 44.3 Å². The molecule has 21 rings (SSSR count). The van der Waals surface area contributed by atoms with Crippen LogP contribution in [-0.2, 0) is 20.4 Å². The first-order valence-electron chi connectivity index (χ1n) is 31.9. The third-order valence-electron chi connectivity index (χ3n) is 20.0. The fraction of sp³-hybridized carbons (Fsp3) is 0.0476. The molecule has 2 aliphatic heterocycles. The molecule has 2 aliphatic carbocycles. The molecule has 481 valence electrons. The van der Waals surface area contributed by atoms with Crippen LogP contribution >= 0.6 is 63.9 Å². The largest absolute Gasteiger partial charge is 0.309 e. The minimum absolute atomic E-state index is 0. The molecule has 6 nitrogen and oxygen atoms in total. The summed E-state index contributed by atoms with van der Waals surface area (Å²) in [6.45, 7) is 1.53. The molecule has 0 amide bonds. The molecule has 4 aromatic heterocycles. The van der Waals surface area contributed by atoms with E-state index in [1.54, 1.807) is 18.6 Å². The number of halogens is 6. The van der Waals surface area contributed by atoms with Crippen molar-refractivity contribution in [3.63, 3.8) is 0 Å². The van der Waals surface area contributed by atoms with Gasteiger partial charge < -0.3 is 9.13 Å². The quantitative estimate of drug-likeness (QED) is 0.0983. The first-order chi connectivity index (χ1) is 47.7. The van der Waals surface area contributed by atoms with Gasteiger partial charge in [-0.15, -0.1) is 0 Å². The van der Waals surface area contributed by atoms with Gasteiger partial charge in [0.05, 0.1) is 74.6 Å². The van der Waals surface area contributed by atoms with Gasteiger partial charge in [-0.1, -0.05) is 253 Å². The van der Waals surface area contributed by atoms with Crippen molar-refractivity contribution >= 4 is 140 Å². The van der Waals surface area contributed by atoms with Crippen molar-refractivity contribution < 1.29 is 13.8 Å². The van der Waals surface area contributed by atoms with Gasteiger partial charge in [-0.25, -0.2) is 4.20 Å². The van der Waals surface area contributed by atoms with Gasteiger partial charge in [-0.05, 0) is 115 Å². The topological polar surface area (TPSA) is 61.4 Å². The van der Waals surface area contributed by atoms with Crippen LogP contribution in [0.4, 0.5) is 4.20 Å². The van der Waals surface area contributed by atoms with Gasteiger partial charge in [0.15, 0.2) is 0 Å². The van der Waals surface area contributed by atoms with Crippen molar-refractivity contribution in [2.75, 3.05) is 6.66 Å². The summed E-state index contributed by atoms with van der Waals surface area (Å²) in [5.74, 6) is 0. The molecule has 0 bridgehead atoms. The standard InChI is InChI=1S/C41H23N3.C41H25N3.CH5FP2.CH4.5ClH.Mo/c1-2-13-27-24(10-1)29-22-30-28-14-9-18-35-40(28)44(37(30)23-31(29)39-38(27)42-20-21-43-39)36-19-8-7-17-34(36)41(35)32-15-5-3-11-25(32)26-12-4-6-16-33(26)41;1-2-11-26(12-3-1)38-39(43-24-23-42-38)27-21-22-30-31-15-10-19-35-40(31)44(37(30)25-27)36-20-9-8-18-34(36)41(35)32-16-6-4-13-28(32)29-14-5-7-17-33(29)41;1-4(2)3;;;;;;;/h1-23H;1-25H;3H2,1H3;1H4;5*1H;/q;;;;;;;;;+5/p-5. The number of hydrogen-bond donors (Lipinski definition) is 0. The van der Waals surface area contributed by atoms with Gasteiger partial charge in [0.2, 0.25) is 0 Å². The van der Waals surface area contributed by atoms with Crippen molar-refractivity contribution in [3.8, 4) is 56.1 Å². The Labute approximate surface area is 595 Å². The molecule has 4 aliphatic rings. The van der Waals surface area contributed by atoms with Gasteiger partial charge in [-0.3, -0.25) is 19.9 Å². The van der Waals surface area contributed by atoms with Crippen molar-refractivity contribution in [1.82, 2.24) is 29.1 Å². The molecule has 13 aromatic carbocycles. The maximum absolute atomic E-state index is 11.0. The number of para-hydroxylation sites is 4. The summed E-state index contributed by atoms with van der Waals surface area (Å²) in [5.41, 5.74) is 28.3. The van der Waals surface area contributed by atoms with Crippen LogP contribution in [0.25, 0.3) is 132 Å². The van der Waals surface area contributed by atoms with E-state index in [0.29, 0.717) is 0 Å². The number of rotatable bonds is 2. The minimum atomic E-state index is -4.26. The van der Waals surface area contributed by atoms with Gasteiger partial charge in [-0.2, -0.15) is 0 Å². The molecular formula is C84H57Cl5FMoN6P2. The number of nitrogens with zero attached hydrogens (tertiary/aromatic N) is 6. The van der Waals surface area contributed by atoms with Gasteiger partial charge >= 0.3 is 56.7 Å². The monoisotopic (exact) mass is 1500 g/mol. The third-order valence-corrected chi connectivity index (χ3v) is 20.0. The fourth-order valence-electron chi connectivity index (χ4n) is 16.8. The number of benzene rings is 13. The maximum Gasteiger partial charge on any atom is 0.0972 e. The minimum Gasteiger partial charge on any atom is -0.309 e. The first-order valence-corrected chi connectivity index (χ1v) is 48.1. The molecule has 99 heavy (non-hydrogen) atoms. The van der Waals surface area contributed by atoms with Gasteiger partial charge in [0, 0.05) is 68.2 Å². The normalized spacial score (nSPS) is 14.1. The van der Waals surface area contributed by atoms with Crippen LogP contribution in [0.1, 0.15) is 51.9 Å². The van der Waals surface area contributed by atoms with Crippen molar-refractivity contribution in [2.24, 2.45) is 0 Å². The molecule has 2 atom stereocenters. The van der Waals surface area contributed by atoms with Crippen molar-refractivity contribution in [3.05, 3.63) is 336 Å². The van der Waals surface area contributed by atoms with Crippen LogP contribution < -0.4 is 0 Å². The molecule has 0 saturated carbocycles. The van der Waals surface area contributed by atoms with Gasteiger partial charge in [0.1, 0.15) is 0 Å². The Morgan fingerprint density at radius 1 is 0.343 bits per heavy atom. The van der Waals surface area contributed by atoms with E-state index >= 15 is 0 Å². The molecule has 15 heteroatoms. The molecule has 0 fully saturated rings. The smallest absolute Gasteiger partial charge is 0.0972 e. The summed E-state index contributed by atoms with van der Waals surface area (Å²) in [7, 11) is 21.8. The molecule has 0 radical (unpaired) electrons. The third kappa shape index (κ3) is 9.82. The first kappa shape index (κ1) is 63.8. The summed E-state index contributed by atoms with van der Waals surface area (Å²) in [6.07, 6.45) is 7.18. The van der Waals surface area contributed by atoms with Gasteiger partial charge in [0.25, 0.3) is 0 Å². The average molecular weight is 1500 g/mol. The van der Waals surface area contributed by atoms with Crippen LogP contribution in [0.15, 0.2) is 292 Å². The zero-order valence-electron chi connectivity index (χ0n) is 52.1. The molecule has 2 spiro atoms. The zero-order chi connectivity index (χ0) is 66.4. The maximum atomic E-state index is 11.0. The Morgan fingerprint density at radius 2 is 0.707 bits per heavy atom.